The van der Waals surface area contributed by atoms with E-state index in [1.165, 1.54) is 4.90 Å². The number of urea groups is 1. The second-order valence-corrected chi connectivity index (χ2v) is 7.02. The summed E-state index contributed by atoms with van der Waals surface area (Å²) < 4.78 is 50.0. The number of amides is 2. The molecule has 13 heteroatoms. The second kappa shape index (κ2) is 8.83. The number of aromatic nitrogens is 1. The summed E-state index contributed by atoms with van der Waals surface area (Å²) in [6.45, 7) is 0.577. The molecule has 1 aromatic carbocycles. The molecular weight excluding hydrogens is 447 g/mol. The number of nitrogens with zero attached hydrogens (tertiary/aromatic N) is 4. The summed E-state index contributed by atoms with van der Waals surface area (Å²) in [6.07, 6.45) is -4.16. The van der Waals surface area contributed by atoms with Gasteiger partial charge in [-0.15, -0.1) is 5.06 Å². The predicted octanol–water partition coefficient (Wildman–Crippen LogP) is 2.62. The molecule has 0 spiro atoms. The van der Waals surface area contributed by atoms with E-state index in [2.05, 4.69) is 10.3 Å². The van der Waals surface area contributed by atoms with Crippen molar-refractivity contribution in [2.24, 2.45) is 0 Å². The van der Waals surface area contributed by atoms with E-state index in [0.29, 0.717) is 17.2 Å². The number of anilines is 1. The van der Waals surface area contributed by atoms with Crippen LogP contribution < -0.4 is 14.8 Å². The third-order valence-corrected chi connectivity index (χ3v) is 4.87. The van der Waals surface area contributed by atoms with Crippen molar-refractivity contribution in [3.63, 3.8) is 0 Å². The highest BCUT2D eigenvalue weighted by Crippen LogP contribution is 2.34. The largest absolute Gasteiger partial charge is 0.454 e. The summed E-state index contributed by atoms with van der Waals surface area (Å²) in [4.78, 5) is 34.6. The van der Waals surface area contributed by atoms with Crippen molar-refractivity contribution in [3.8, 4) is 17.6 Å². The van der Waals surface area contributed by atoms with Crippen LogP contribution in [0.3, 0.4) is 0 Å². The van der Waals surface area contributed by atoms with Gasteiger partial charge >= 0.3 is 18.2 Å². The third-order valence-electron chi connectivity index (χ3n) is 4.87. The number of alkyl halides is 3. The molecule has 1 saturated heterocycles. The average molecular weight is 463 g/mol. The quantitative estimate of drug-likeness (QED) is 0.739. The van der Waals surface area contributed by atoms with Gasteiger partial charge in [0.1, 0.15) is 6.07 Å². The molecule has 2 aliphatic rings. The van der Waals surface area contributed by atoms with Crippen LogP contribution in [0.2, 0.25) is 0 Å². The lowest BCUT2D eigenvalue weighted by Crippen LogP contribution is -2.50. The Kier molecular flexibility index (Phi) is 5.93. The van der Waals surface area contributed by atoms with E-state index >= 15 is 0 Å². The highest BCUT2D eigenvalue weighted by atomic mass is 19.4. The van der Waals surface area contributed by atoms with Crippen LogP contribution in [-0.2, 0) is 11.0 Å². The van der Waals surface area contributed by atoms with Gasteiger partial charge < -0.3 is 24.5 Å². The van der Waals surface area contributed by atoms with E-state index in [1.54, 1.807) is 24.3 Å². The van der Waals surface area contributed by atoms with Crippen LogP contribution in [-0.4, -0.2) is 59.9 Å². The van der Waals surface area contributed by atoms with Crippen LogP contribution in [0, 0.1) is 11.3 Å². The van der Waals surface area contributed by atoms with E-state index in [9.17, 15) is 22.8 Å². The average Bonchev–Trinajstić information content (AvgIpc) is 3.26. The van der Waals surface area contributed by atoms with Gasteiger partial charge in [-0.25, -0.2) is 14.6 Å². The summed E-state index contributed by atoms with van der Waals surface area (Å²) in [5, 5.41) is 12.8. The van der Waals surface area contributed by atoms with E-state index in [1.807, 2.05) is 0 Å². The zero-order chi connectivity index (χ0) is 23.6. The molecule has 4 rings (SSSR count). The Bertz CT molecular complexity index is 1130. The molecule has 1 fully saturated rings. The Morgan fingerprint density at radius 2 is 1.85 bits per heavy atom. The minimum atomic E-state index is -4.89. The third kappa shape index (κ3) is 4.90. The predicted molar refractivity (Wildman–Crippen MR) is 104 cm³/mol. The van der Waals surface area contributed by atoms with Gasteiger partial charge in [-0.2, -0.15) is 18.4 Å². The van der Waals surface area contributed by atoms with Crippen molar-refractivity contribution in [2.45, 2.75) is 6.18 Å². The number of carbonyl (C=O) groups excluding carboxylic acids is 2. The van der Waals surface area contributed by atoms with Crippen LogP contribution in [0.25, 0.3) is 0 Å². The number of halogens is 3. The van der Waals surface area contributed by atoms with Gasteiger partial charge in [-0.3, -0.25) is 0 Å². The van der Waals surface area contributed by atoms with E-state index in [-0.39, 0.29) is 38.5 Å². The number of rotatable bonds is 3. The van der Waals surface area contributed by atoms with Crippen LogP contribution in [0.5, 0.6) is 11.5 Å². The first-order valence-corrected chi connectivity index (χ1v) is 9.65. The van der Waals surface area contributed by atoms with Gasteiger partial charge in [0, 0.05) is 31.0 Å². The first-order chi connectivity index (χ1) is 15.7. The fourth-order valence-electron chi connectivity index (χ4n) is 3.23. The maximum Gasteiger partial charge on any atom is 0.434 e. The van der Waals surface area contributed by atoms with E-state index < -0.39 is 29.4 Å². The SMILES string of the molecule is N#Cc1cnc(C(F)(F)F)c(C(=O)ON2CCN(C(=O)Nc3ccc4c(c3)OCO4)CC2)c1. The monoisotopic (exact) mass is 463 g/mol. The molecule has 0 atom stereocenters. The van der Waals surface area contributed by atoms with E-state index in [4.69, 9.17) is 19.6 Å². The molecule has 172 valence electrons. The first-order valence-electron chi connectivity index (χ1n) is 9.65. The molecule has 1 aromatic heterocycles. The number of fused-ring (bicyclic) bond motifs is 1. The number of pyridine rings is 1. The topological polar surface area (TPSA) is 117 Å². The molecule has 0 bridgehead atoms. The van der Waals surface area contributed by atoms with Crippen LogP contribution in [0.4, 0.5) is 23.7 Å². The maximum absolute atomic E-state index is 13.2. The lowest BCUT2D eigenvalue weighted by Gasteiger charge is -2.33. The summed E-state index contributed by atoms with van der Waals surface area (Å²) >= 11 is 0. The number of hydrogen-bond acceptors (Lipinski definition) is 8. The molecule has 2 aromatic rings. The first kappa shape index (κ1) is 22.2. The zero-order valence-corrected chi connectivity index (χ0v) is 16.9. The molecule has 1 N–H and O–H groups in total. The van der Waals surface area contributed by atoms with Gasteiger partial charge in [-0.05, 0) is 18.2 Å². The number of carbonyl (C=O) groups is 2. The Labute approximate surface area is 185 Å². The number of hydroxylamine groups is 2. The number of ether oxygens (including phenoxy) is 2. The molecule has 0 radical (unpaired) electrons. The molecule has 3 heterocycles. The Morgan fingerprint density at radius 1 is 1.12 bits per heavy atom. The normalized spacial score (nSPS) is 15.6. The van der Waals surface area contributed by atoms with Crippen molar-refractivity contribution >= 4 is 17.7 Å². The lowest BCUT2D eigenvalue weighted by atomic mass is 10.1. The minimum Gasteiger partial charge on any atom is -0.454 e. The van der Waals surface area contributed by atoms with Crippen molar-refractivity contribution in [3.05, 3.63) is 47.3 Å². The van der Waals surface area contributed by atoms with Crippen molar-refractivity contribution in [2.75, 3.05) is 38.3 Å². The molecule has 0 aliphatic carbocycles. The second-order valence-electron chi connectivity index (χ2n) is 7.02. The highest BCUT2D eigenvalue weighted by molar-refractivity contribution is 5.91. The summed E-state index contributed by atoms with van der Waals surface area (Å²) in [5.41, 5.74) is -2.00. The Balaban J connectivity index is 1.34. The molecule has 33 heavy (non-hydrogen) atoms. The van der Waals surface area contributed by atoms with Crippen LogP contribution in [0.1, 0.15) is 21.6 Å². The minimum absolute atomic E-state index is 0.0764. The number of nitriles is 1. The molecule has 0 unspecified atom stereocenters. The van der Waals surface area contributed by atoms with Gasteiger partial charge in [-0.1, -0.05) is 0 Å². The summed E-state index contributed by atoms with van der Waals surface area (Å²) in [5.74, 6) is -0.199. The number of nitrogens with one attached hydrogen (secondary N) is 1. The molecule has 0 saturated carbocycles. The van der Waals surface area contributed by atoms with Gasteiger partial charge in [0.15, 0.2) is 17.2 Å². The number of benzene rings is 1. The van der Waals surface area contributed by atoms with Crippen molar-refractivity contribution < 1.29 is 37.1 Å². The van der Waals surface area contributed by atoms with Crippen LogP contribution >= 0.6 is 0 Å². The molecule has 2 aliphatic heterocycles. The van der Waals surface area contributed by atoms with Gasteiger partial charge in [0.05, 0.1) is 24.2 Å². The Morgan fingerprint density at radius 3 is 2.55 bits per heavy atom. The standard InChI is InChI=1S/C20H16F3N5O5/c21-20(22,23)17-14(7-12(9-24)10-25-17)18(29)33-28-5-3-27(4-6-28)19(30)26-13-1-2-15-16(8-13)32-11-31-15/h1-2,7-8,10H,3-6,11H2,(H,26,30). The molecular formula is C20H16F3N5O5. The fourth-order valence-corrected chi connectivity index (χ4v) is 3.23. The van der Waals surface area contributed by atoms with E-state index in [0.717, 1.165) is 17.3 Å². The fraction of sp³-hybridized carbons (Fsp3) is 0.300. The number of piperazine rings is 1. The van der Waals surface area contributed by atoms with Crippen LogP contribution in [0.15, 0.2) is 30.5 Å². The molecule has 10 nitrogen and oxygen atoms in total. The lowest BCUT2D eigenvalue weighted by molar-refractivity contribution is -0.144. The molecule has 2 amide bonds. The van der Waals surface area contributed by atoms with Crippen molar-refractivity contribution in [1.82, 2.24) is 14.9 Å². The maximum atomic E-state index is 13.2. The smallest absolute Gasteiger partial charge is 0.434 e. The summed E-state index contributed by atoms with van der Waals surface area (Å²) in [7, 11) is 0. The summed E-state index contributed by atoms with van der Waals surface area (Å²) in [6, 6.07) is 6.98. The number of hydrogen-bond donors (Lipinski definition) is 1. The highest BCUT2D eigenvalue weighted by Gasteiger charge is 2.38. The zero-order valence-electron chi connectivity index (χ0n) is 16.9. The van der Waals surface area contributed by atoms with Gasteiger partial charge in [0.25, 0.3) is 0 Å². The van der Waals surface area contributed by atoms with Gasteiger partial charge in [0.2, 0.25) is 6.79 Å². The Hall–Kier alpha value is -4.05. The van der Waals surface area contributed by atoms with Crippen molar-refractivity contribution in [1.29, 1.82) is 5.26 Å².